The maximum atomic E-state index is 13.5. The molecule has 0 radical (unpaired) electrons. The van der Waals surface area contributed by atoms with Gasteiger partial charge in [0.1, 0.15) is 0 Å². The Morgan fingerprint density at radius 1 is 0.963 bits per heavy atom. The number of aliphatic hydroxyl groups is 1. The van der Waals surface area contributed by atoms with E-state index in [0.717, 1.165) is 12.8 Å². The Morgan fingerprint density at radius 3 is 2.04 bits per heavy atom. The van der Waals surface area contributed by atoms with Crippen molar-refractivity contribution < 1.29 is 27.8 Å². The van der Waals surface area contributed by atoms with E-state index in [1.807, 2.05) is 0 Å². The molecule has 10 unspecified atom stereocenters. The van der Waals surface area contributed by atoms with Crippen LogP contribution in [0.15, 0.2) is 0 Å². The molecule has 0 spiro atoms. The molecule has 3 nitrogen and oxygen atoms in total. The fraction of sp³-hybridized carbons (Fsp3) is 1.00. The molecule has 1 saturated heterocycles. The van der Waals surface area contributed by atoms with E-state index in [2.05, 4.69) is 27.7 Å². The van der Waals surface area contributed by atoms with Crippen molar-refractivity contribution in [1.29, 1.82) is 0 Å². The van der Waals surface area contributed by atoms with Gasteiger partial charge in [0.25, 0.3) is 5.79 Å². The number of hydrogen-bond donors (Lipinski definition) is 1. The first-order chi connectivity index (χ1) is 12.4. The summed E-state index contributed by atoms with van der Waals surface area (Å²) in [7, 11) is 0. The van der Waals surface area contributed by atoms with Crippen molar-refractivity contribution >= 4 is 0 Å². The van der Waals surface area contributed by atoms with Gasteiger partial charge in [-0.1, -0.05) is 54.9 Å². The molecule has 2 rings (SSSR count). The van der Waals surface area contributed by atoms with Crippen molar-refractivity contribution in [2.24, 2.45) is 35.5 Å². The van der Waals surface area contributed by atoms with Gasteiger partial charge in [0, 0.05) is 5.92 Å². The molecule has 6 heteroatoms. The van der Waals surface area contributed by atoms with Gasteiger partial charge in [-0.25, -0.2) is 0 Å². The molecule has 0 aromatic rings. The van der Waals surface area contributed by atoms with Crippen LogP contribution >= 0.6 is 0 Å². The van der Waals surface area contributed by atoms with Crippen LogP contribution in [0, 0.1) is 35.5 Å². The first-order valence-corrected chi connectivity index (χ1v) is 10.5. The summed E-state index contributed by atoms with van der Waals surface area (Å²) in [6.07, 6.45) is -3.66. The fourth-order valence-electron chi connectivity index (χ4n) is 5.13. The highest BCUT2D eigenvalue weighted by molar-refractivity contribution is 4.97. The maximum absolute atomic E-state index is 13.5. The van der Waals surface area contributed by atoms with E-state index in [1.54, 1.807) is 13.8 Å². The van der Waals surface area contributed by atoms with Crippen LogP contribution in [0.3, 0.4) is 0 Å². The highest BCUT2D eigenvalue weighted by Crippen LogP contribution is 2.49. The molecule has 27 heavy (non-hydrogen) atoms. The molecular weight excluding hydrogens is 357 g/mol. The SMILES string of the molecule is CCC1CC(OC2C(CC)OC(O)(C(F)(F)F)C(C)C2C)C(C)C(C)C1C. The molecule has 2 aliphatic rings. The third-order valence-corrected chi connectivity index (χ3v) is 7.81. The molecule has 0 bridgehead atoms. The Bertz CT molecular complexity index is 494. The van der Waals surface area contributed by atoms with Gasteiger partial charge in [-0.3, -0.25) is 0 Å². The highest BCUT2D eigenvalue weighted by atomic mass is 19.4. The molecule has 0 aromatic carbocycles. The van der Waals surface area contributed by atoms with E-state index in [4.69, 9.17) is 9.47 Å². The number of alkyl halides is 3. The smallest absolute Gasteiger partial charge is 0.372 e. The average molecular weight is 395 g/mol. The van der Waals surface area contributed by atoms with E-state index in [1.165, 1.54) is 6.92 Å². The minimum Gasteiger partial charge on any atom is -0.372 e. The number of halogens is 3. The van der Waals surface area contributed by atoms with Gasteiger partial charge >= 0.3 is 6.18 Å². The number of ether oxygens (including phenoxy) is 2. The van der Waals surface area contributed by atoms with Gasteiger partial charge in [-0.15, -0.1) is 0 Å². The summed E-state index contributed by atoms with van der Waals surface area (Å²) < 4.78 is 52.2. The van der Waals surface area contributed by atoms with Crippen molar-refractivity contribution in [1.82, 2.24) is 0 Å². The van der Waals surface area contributed by atoms with Crippen LogP contribution in [-0.4, -0.2) is 35.4 Å². The molecular formula is C21H37F3O3. The first-order valence-electron chi connectivity index (χ1n) is 10.5. The number of rotatable bonds is 4. The average Bonchev–Trinajstić information content (AvgIpc) is 2.60. The maximum Gasteiger partial charge on any atom is 0.443 e. The minimum absolute atomic E-state index is 0.00975. The Morgan fingerprint density at radius 2 is 1.56 bits per heavy atom. The molecule has 0 amide bonds. The summed E-state index contributed by atoms with van der Waals surface area (Å²) in [5, 5.41) is 10.3. The van der Waals surface area contributed by atoms with Crippen LogP contribution < -0.4 is 0 Å². The first kappa shape index (κ1) is 23.0. The molecule has 2 fully saturated rings. The zero-order valence-electron chi connectivity index (χ0n) is 17.7. The van der Waals surface area contributed by atoms with Crippen LogP contribution in [0.2, 0.25) is 0 Å². The largest absolute Gasteiger partial charge is 0.443 e. The Balaban J connectivity index is 2.23. The molecule has 1 N–H and O–H groups in total. The van der Waals surface area contributed by atoms with E-state index in [-0.39, 0.29) is 6.10 Å². The summed E-state index contributed by atoms with van der Waals surface area (Å²) in [5.41, 5.74) is 0. The van der Waals surface area contributed by atoms with Crippen LogP contribution in [0.5, 0.6) is 0 Å². The molecule has 0 aromatic heterocycles. The lowest BCUT2D eigenvalue weighted by atomic mass is 9.66. The van der Waals surface area contributed by atoms with Crippen molar-refractivity contribution in [3.63, 3.8) is 0 Å². The molecule has 1 heterocycles. The molecule has 1 saturated carbocycles. The van der Waals surface area contributed by atoms with Crippen molar-refractivity contribution in [3.8, 4) is 0 Å². The van der Waals surface area contributed by atoms with Gasteiger partial charge < -0.3 is 14.6 Å². The predicted molar refractivity (Wildman–Crippen MR) is 99.0 cm³/mol. The van der Waals surface area contributed by atoms with Crippen LogP contribution in [0.25, 0.3) is 0 Å². The van der Waals surface area contributed by atoms with Crippen LogP contribution in [0.1, 0.15) is 67.7 Å². The standard InChI is InChI=1S/C21H37F3O3/c1-8-16-10-18(13(5)11(3)12(16)4)26-19-14(6)15(7)20(25,21(22,23)24)27-17(19)9-2/h11-19,25H,8-10H2,1-7H3. The zero-order chi connectivity index (χ0) is 20.7. The second kappa shape index (κ2) is 8.19. The summed E-state index contributed by atoms with van der Waals surface area (Å²) in [5.74, 6) is -2.66. The highest BCUT2D eigenvalue weighted by Gasteiger charge is 2.65. The number of hydrogen-bond acceptors (Lipinski definition) is 3. The Hall–Kier alpha value is -0.330. The lowest BCUT2D eigenvalue weighted by Crippen LogP contribution is -2.64. The third-order valence-electron chi connectivity index (χ3n) is 7.81. The van der Waals surface area contributed by atoms with Crippen molar-refractivity contribution in [2.75, 3.05) is 0 Å². The van der Waals surface area contributed by atoms with Crippen LogP contribution in [-0.2, 0) is 9.47 Å². The third kappa shape index (κ3) is 4.04. The summed E-state index contributed by atoms with van der Waals surface area (Å²) in [6, 6.07) is 0. The van der Waals surface area contributed by atoms with Crippen molar-refractivity contribution in [2.45, 2.75) is 98.0 Å². The monoisotopic (exact) mass is 394 g/mol. The molecule has 1 aliphatic heterocycles. The second-order valence-corrected chi connectivity index (χ2v) is 9.03. The predicted octanol–water partition coefficient (Wildman–Crippen LogP) is 5.41. The van der Waals surface area contributed by atoms with E-state index >= 15 is 0 Å². The van der Waals surface area contributed by atoms with E-state index in [0.29, 0.717) is 30.1 Å². The minimum atomic E-state index is -4.82. The van der Waals surface area contributed by atoms with Gasteiger partial charge in [-0.2, -0.15) is 13.2 Å². The van der Waals surface area contributed by atoms with Gasteiger partial charge in [0.15, 0.2) is 0 Å². The topological polar surface area (TPSA) is 38.7 Å². The van der Waals surface area contributed by atoms with Crippen molar-refractivity contribution in [3.05, 3.63) is 0 Å². The lowest BCUT2D eigenvalue weighted by molar-refractivity contribution is -0.428. The Labute approximate surface area is 162 Å². The van der Waals surface area contributed by atoms with E-state index < -0.39 is 36.0 Å². The summed E-state index contributed by atoms with van der Waals surface area (Å²) in [6.45, 7) is 13.8. The second-order valence-electron chi connectivity index (χ2n) is 9.03. The summed E-state index contributed by atoms with van der Waals surface area (Å²) >= 11 is 0. The Kier molecular flexibility index (Phi) is 6.96. The quantitative estimate of drug-likeness (QED) is 0.693. The van der Waals surface area contributed by atoms with E-state index in [9.17, 15) is 18.3 Å². The lowest BCUT2D eigenvalue weighted by Gasteiger charge is -2.52. The normalized spacial score (nSPS) is 49.2. The molecule has 1 aliphatic carbocycles. The zero-order valence-corrected chi connectivity index (χ0v) is 17.7. The molecule has 10 atom stereocenters. The molecule has 160 valence electrons. The van der Waals surface area contributed by atoms with Gasteiger partial charge in [-0.05, 0) is 42.4 Å². The van der Waals surface area contributed by atoms with Gasteiger partial charge in [0.05, 0.1) is 18.3 Å². The van der Waals surface area contributed by atoms with Gasteiger partial charge in [0.2, 0.25) is 0 Å². The fourth-order valence-corrected chi connectivity index (χ4v) is 5.13. The van der Waals surface area contributed by atoms with Crippen LogP contribution in [0.4, 0.5) is 13.2 Å². The summed E-state index contributed by atoms with van der Waals surface area (Å²) in [4.78, 5) is 0.